The molecule has 174 valence electrons. The first kappa shape index (κ1) is 23.2. The lowest BCUT2D eigenvalue weighted by molar-refractivity contribution is -0.162. The fraction of sp³-hybridized carbons (Fsp3) is 0.407. The number of hydrogen-bond acceptors (Lipinski definition) is 4. The molecular formula is C27H32FN3O2. The molecule has 0 N–H and O–H groups in total. The minimum absolute atomic E-state index is 0.217. The summed E-state index contributed by atoms with van der Waals surface area (Å²) in [6.45, 7) is 8.51. The van der Waals surface area contributed by atoms with Gasteiger partial charge in [0, 0.05) is 30.9 Å². The third-order valence-corrected chi connectivity index (χ3v) is 6.05. The number of ether oxygens (including phenoxy) is 2. The molecule has 2 heterocycles. The molecule has 1 fully saturated rings. The molecule has 0 spiro atoms. The van der Waals surface area contributed by atoms with Gasteiger partial charge in [0.2, 0.25) is 0 Å². The number of halogens is 1. The zero-order chi connectivity index (χ0) is 23.8. The van der Waals surface area contributed by atoms with Crippen molar-refractivity contribution in [1.29, 1.82) is 0 Å². The molecule has 3 aromatic rings. The van der Waals surface area contributed by atoms with E-state index in [0.29, 0.717) is 11.3 Å². The molecule has 5 nitrogen and oxygen atoms in total. The lowest BCUT2D eigenvalue weighted by Crippen LogP contribution is -2.44. The van der Waals surface area contributed by atoms with Crippen molar-refractivity contribution in [2.75, 3.05) is 14.2 Å². The van der Waals surface area contributed by atoms with Gasteiger partial charge >= 0.3 is 0 Å². The van der Waals surface area contributed by atoms with Gasteiger partial charge in [0.1, 0.15) is 17.4 Å². The van der Waals surface area contributed by atoms with E-state index in [1.54, 1.807) is 20.2 Å². The Morgan fingerprint density at radius 1 is 1.12 bits per heavy atom. The number of aliphatic imine (C=N–C) groups is 1. The molecule has 0 saturated carbocycles. The van der Waals surface area contributed by atoms with Crippen LogP contribution in [0.1, 0.15) is 57.7 Å². The third kappa shape index (κ3) is 4.86. The maximum Gasteiger partial charge on any atom is 0.148 e. The van der Waals surface area contributed by atoms with E-state index < -0.39 is 0 Å². The highest BCUT2D eigenvalue weighted by Crippen LogP contribution is 2.44. The van der Waals surface area contributed by atoms with Crippen LogP contribution in [-0.4, -0.2) is 41.1 Å². The Labute approximate surface area is 195 Å². The number of imidazole rings is 1. The molecule has 1 aromatic heterocycles. The molecule has 0 unspecified atom stereocenters. The van der Waals surface area contributed by atoms with E-state index >= 15 is 0 Å². The van der Waals surface area contributed by atoms with Crippen LogP contribution in [0.4, 0.5) is 4.39 Å². The highest BCUT2D eigenvalue weighted by atomic mass is 19.1. The van der Waals surface area contributed by atoms with Crippen molar-refractivity contribution < 1.29 is 13.9 Å². The predicted octanol–water partition coefficient (Wildman–Crippen LogP) is 6.19. The Kier molecular flexibility index (Phi) is 6.14. The van der Waals surface area contributed by atoms with Gasteiger partial charge in [-0.1, -0.05) is 12.1 Å². The van der Waals surface area contributed by atoms with Gasteiger partial charge in [0.05, 0.1) is 35.3 Å². The fourth-order valence-electron chi connectivity index (χ4n) is 5.02. The maximum absolute atomic E-state index is 14.8. The van der Waals surface area contributed by atoms with Gasteiger partial charge in [-0.2, -0.15) is 0 Å². The Morgan fingerprint density at radius 2 is 1.82 bits per heavy atom. The molecule has 0 radical (unpaired) electrons. The van der Waals surface area contributed by atoms with Gasteiger partial charge in [-0.25, -0.2) is 9.37 Å². The number of benzene rings is 2. The largest absolute Gasteiger partial charge is 0.496 e. The third-order valence-electron chi connectivity index (χ3n) is 6.05. The maximum atomic E-state index is 14.8. The summed E-state index contributed by atoms with van der Waals surface area (Å²) in [4.78, 5) is 9.02. The number of aromatic nitrogens is 2. The highest BCUT2D eigenvalue weighted by molar-refractivity contribution is 5.80. The molecule has 6 heteroatoms. The Hall–Kier alpha value is -2.99. The zero-order valence-corrected chi connectivity index (χ0v) is 20.2. The Bertz CT molecular complexity index is 1160. The first-order chi connectivity index (χ1) is 15.6. The average Bonchev–Trinajstić information content (AvgIpc) is 3.18. The summed E-state index contributed by atoms with van der Waals surface area (Å²) < 4.78 is 28.7. The minimum Gasteiger partial charge on any atom is -0.496 e. The Morgan fingerprint density at radius 3 is 2.45 bits per heavy atom. The molecular weight excluding hydrogens is 417 g/mol. The van der Waals surface area contributed by atoms with Crippen LogP contribution in [0, 0.1) is 5.82 Å². The van der Waals surface area contributed by atoms with Crippen LogP contribution in [-0.2, 0) is 4.74 Å². The van der Waals surface area contributed by atoms with Crippen LogP contribution in [0.25, 0.3) is 17.1 Å². The quantitative estimate of drug-likeness (QED) is 0.437. The van der Waals surface area contributed by atoms with Crippen molar-refractivity contribution in [2.45, 2.75) is 57.7 Å². The Balaban J connectivity index is 1.87. The number of methoxy groups -OCH3 is 1. The van der Waals surface area contributed by atoms with E-state index in [0.717, 1.165) is 35.7 Å². The van der Waals surface area contributed by atoms with Crippen molar-refractivity contribution in [3.05, 3.63) is 65.7 Å². The summed E-state index contributed by atoms with van der Waals surface area (Å²) in [5.41, 5.74) is 2.47. The second-order valence-corrected chi connectivity index (χ2v) is 9.88. The van der Waals surface area contributed by atoms with Gasteiger partial charge in [-0.3, -0.25) is 9.56 Å². The summed E-state index contributed by atoms with van der Waals surface area (Å²) in [7, 11) is 3.28. The number of rotatable bonds is 5. The molecule has 0 aliphatic carbocycles. The number of para-hydroxylation sites is 1. The molecule has 4 rings (SSSR count). The lowest BCUT2D eigenvalue weighted by atomic mass is 9.79. The van der Waals surface area contributed by atoms with E-state index in [9.17, 15) is 4.39 Å². The molecule has 0 amide bonds. The normalized spacial score (nSPS) is 18.0. The van der Waals surface area contributed by atoms with Gasteiger partial charge in [0.15, 0.2) is 0 Å². The summed E-state index contributed by atoms with van der Waals surface area (Å²) in [5, 5.41) is 0. The zero-order valence-electron chi connectivity index (χ0n) is 20.2. The topological polar surface area (TPSA) is 48.6 Å². The fourth-order valence-corrected chi connectivity index (χ4v) is 5.02. The van der Waals surface area contributed by atoms with Gasteiger partial charge in [-0.15, -0.1) is 0 Å². The highest BCUT2D eigenvalue weighted by Gasteiger charge is 2.41. The summed E-state index contributed by atoms with van der Waals surface area (Å²) in [6, 6.07) is 12.9. The van der Waals surface area contributed by atoms with Crippen molar-refractivity contribution >= 4 is 6.21 Å². The monoisotopic (exact) mass is 449 g/mol. The average molecular weight is 450 g/mol. The van der Waals surface area contributed by atoms with Crippen LogP contribution >= 0.6 is 0 Å². The van der Waals surface area contributed by atoms with Crippen molar-refractivity contribution in [3.63, 3.8) is 0 Å². The van der Waals surface area contributed by atoms with Gasteiger partial charge in [0.25, 0.3) is 0 Å². The summed E-state index contributed by atoms with van der Waals surface area (Å²) in [5.74, 6) is 1.34. The first-order valence-electron chi connectivity index (χ1n) is 11.3. The van der Waals surface area contributed by atoms with E-state index in [2.05, 4.69) is 32.7 Å². The van der Waals surface area contributed by atoms with Crippen LogP contribution in [0.3, 0.4) is 0 Å². The minimum atomic E-state index is -0.326. The molecule has 0 bridgehead atoms. The molecule has 1 saturated heterocycles. The standard InChI is InChI=1S/C27H32FN3O2/c1-26(2)14-19(15-27(3,4)33-26)23-17-31(20-12-11-18(16-29-5)22(28)13-20)25(30-23)21-9-7-8-10-24(21)32-6/h7-13,16-17,19H,14-15H2,1-6H3. The SMILES string of the molecule is CN=Cc1ccc(-n2cc(C3CC(C)(C)OC(C)(C)C3)nc2-c2ccccc2OC)cc1F. The number of nitrogens with zero attached hydrogens (tertiary/aromatic N) is 3. The van der Waals surface area contributed by atoms with Crippen LogP contribution in [0.15, 0.2) is 53.7 Å². The molecule has 2 aromatic carbocycles. The lowest BCUT2D eigenvalue weighted by Gasteiger charge is -2.45. The molecule has 1 aliphatic rings. The van der Waals surface area contributed by atoms with E-state index in [4.69, 9.17) is 14.5 Å². The first-order valence-corrected chi connectivity index (χ1v) is 11.3. The van der Waals surface area contributed by atoms with E-state index in [-0.39, 0.29) is 22.9 Å². The summed E-state index contributed by atoms with van der Waals surface area (Å²) in [6.07, 6.45) is 5.27. The van der Waals surface area contributed by atoms with Crippen LogP contribution in [0.5, 0.6) is 5.75 Å². The van der Waals surface area contributed by atoms with E-state index in [1.165, 1.54) is 12.3 Å². The van der Waals surface area contributed by atoms with Crippen molar-refractivity contribution in [2.24, 2.45) is 4.99 Å². The predicted molar refractivity (Wildman–Crippen MR) is 130 cm³/mol. The molecule has 1 aliphatic heterocycles. The van der Waals surface area contributed by atoms with E-state index in [1.807, 2.05) is 41.1 Å². The summed E-state index contributed by atoms with van der Waals surface area (Å²) >= 11 is 0. The van der Waals surface area contributed by atoms with Gasteiger partial charge in [-0.05, 0) is 70.9 Å². The van der Waals surface area contributed by atoms with Crippen molar-refractivity contribution in [1.82, 2.24) is 9.55 Å². The smallest absolute Gasteiger partial charge is 0.148 e. The second kappa shape index (κ2) is 8.75. The van der Waals surface area contributed by atoms with Crippen LogP contribution in [0.2, 0.25) is 0 Å². The van der Waals surface area contributed by atoms with Crippen LogP contribution < -0.4 is 4.74 Å². The second-order valence-electron chi connectivity index (χ2n) is 9.88. The van der Waals surface area contributed by atoms with Gasteiger partial charge < -0.3 is 9.47 Å². The number of hydrogen-bond donors (Lipinski definition) is 0. The molecule has 0 atom stereocenters. The molecule has 33 heavy (non-hydrogen) atoms. The van der Waals surface area contributed by atoms with Crippen molar-refractivity contribution in [3.8, 4) is 22.8 Å².